The van der Waals surface area contributed by atoms with Gasteiger partial charge in [-0.15, -0.1) is 0 Å². The van der Waals surface area contributed by atoms with E-state index in [1.54, 1.807) is 12.1 Å². The van der Waals surface area contributed by atoms with E-state index in [9.17, 15) is 9.18 Å². The average molecular weight is 328 g/mol. The molecule has 0 amide bonds. The van der Waals surface area contributed by atoms with Crippen molar-refractivity contribution in [2.75, 3.05) is 38.2 Å². The van der Waals surface area contributed by atoms with Gasteiger partial charge in [0.1, 0.15) is 11.9 Å². The summed E-state index contributed by atoms with van der Waals surface area (Å²) in [6.45, 7) is 3.15. The zero-order valence-corrected chi connectivity index (χ0v) is 13.7. The number of rotatable bonds is 4. The van der Waals surface area contributed by atoms with Gasteiger partial charge >= 0.3 is 5.97 Å². The van der Waals surface area contributed by atoms with Gasteiger partial charge < -0.3 is 9.64 Å². The molecular weight excluding hydrogens is 307 g/mol. The number of hydrogen-bond acceptors (Lipinski definition) is 4. The molecule has 0 aliphatic carbocycles. The molecule has 2 aromatic rings. The SMILES string of the molecule is COC(=O)[C@H](c1ccc(F)cc1)N1CCN(c2ccccc2)CC1. The molecule has 0 saturated carbocycles. The van der Waals surface area contributed by atoms with E-state index in [1.807, 2.05) is 18.2 Å². The molecule has 2 aromatic carbocycles. The third-order valence-corrected chi connectivity index (χ3v) is 4.41. The second-order valence-corrected chi connectivity index (χ2v) is 5.84. The topological polar surface area (TPSA) is 32.8 Å². The highest BCUT2D eigenvalue weighted by Crippen LogP contribution is 2.25. The Hall–Kier alpha value is -2.40. The Morgan fingerprint density at radius 2 is 1.62 bits per heavy atom. The van der Waals surface area contributed by atoms with Crippen LogP contribution in [0.4, 0.5) is 10.1 Å². The van der Waals surface area contributed by atoms with Crippen LogP contribution in [0.1, 0.15) is 11.6 Å². The smallest absolute Gasteiger partial charge is 0.327 e. The molecule has 1 heterocycles. The van der Waals surface area contributed by atoms with Crippen LogP contribution in [-0.2, 0) is 9.53 Å². The summed E-state index contributed by atoms with van der Waals surface area (Å²) >= 11 is 0. The van der Waals surface area contributed by atoms with Crippen LogP contribution < -0.4 is 4.90 Å². The molecular formula is C19H21FN2O2. The number of halogens is 1. The number of carbonyl (C=O) groups is 1. The zero-order valence-electron chi connectivity index (χ0n) is 13.7. The average Bonchev–Trinajstić information content (AvgIpc) is 2.64. The normalized spacial score (nSPS) is 16.7. The van der Waals surface area contributed by atoms with E-state index < -0.39 is 6.04 Å². The van der Waals surface area contributed by atoms with Gasteiger partial charge in [-0.3, -0.25) is 4.90 Å². The molecule has 24 heavy (non-hydrogen) atoms. The molecule has 1 atom stereocenters. The van der Waals surface area contributed by atoms with Crippen LogP contribution in [0, 0.1) is 5.82 Å². The summed E-state index contributed by atoms with van der Waals surface area (Å²) in [7, 11) is 1.39. The number of anilines is 1. The molecule has 0 unspecified atom stereocenters. The summed E-state index contributed by atoms with van der Waals surface area (Å²) < 4.78 is 18.2. The summed E-state index contributed by atoms with van der Waals surface area (Å²) in [4.78, 5) is 16.7. The predicted molar refractivity (Wildman–Crippen MR) is 91.4 cm³/mol. The van der Waals surface area contributed by atoms with Gasteiger partial charge in [0, 0.05) is 31.9 Å². The number of benzene rings is 2. The lowest BCUT2D eigenvalue weighted by atomic mass is 10.0. The highest BCUT2D eigenvalue weighted by atomic mass is 19.1. The number of ether oxygens (including phenoxy) is 1. The molecule has 0 radical (unpaired) electrons. The molecule has 0 spiro atoms. The van der Waals surface area contributed by atoms with Crippen LogP contribution in [0.2, 0.25) is 0 Å². The molecule has 0 aromatic heterocycles. The molecule has 1 fully saturated rings. The number of hydrogen-bond donors (Lipinski definition) is 0. The molecule has 4 nitrogen and oxygen atoms in total. The Kier molecular flexibility index (Phi) is 5.11. The van der Waals surface area contributed by atoms with E-state index in [1.165, 1.54) is 24.9 Å². The quantitative estimate of drug-likeness (QED) is 0.808. The first-order valence-corrected chi connectivity index (χ1v) is 8.06. The number of carbonyl (C=O) groups excluding carboxylic acids is 1. The predicted octanol–water partition coefficient (Wildman–Crippen LogP) is 2.86. The first-order valence-electron chi connectivity index (χ1n) is 8.06. The Labute approximate surface area is 141 Å². The highest BCUT2D eigenvalue weighted by Gasteiger charge is 2.31. The summed E-state index contributed by atoms with van der Waals surface area (Å²) in [5, 5.41) is 0. The molecule has 5 heteroatoms. The van der Waals surface area contributed by atoms with Crippen LogP contribution in [0.15, 0.2) is 54.6 Å². The summed E-state index contributed by atoms with van der Waals surface area (Å²) in [5.74, 6) is -0.619. The number of esters is 1. The van der Waals surface area contributed by atoms with Crippen molar-refractivity contribution in [3.05, 3.63) is 66.0 Å². The van der Waals surface area contributed by atoms with Gasteiger partial charge in [-0.05, 0) is 29.8 Å². The first-order chi connectivity index (χ1) is 11.7. The molecule has 0 N–H and O–H groups in total. The maximum Gasteiger partial charge on any atom is 0.327 e. The van der Waals surface area contributed by atoms with Gasteiger partial charge in [0.15, 0.2) is 0 Å². The van der Waals surface area contributed by atoms with Crippen LogP contribution in [0.5, 0.6) is 0 Å². The Morgan fingerprint density at radius 1 is 1.00 bits per heavy atom. The van der Waals surface area contributed by atoms with Crippen molar-refractivity contribution in [3.63, 3.8) is 0 Å². The first kappa shape index (κ1) is 16.5. The molecule has 1 saturated heterocycles. The van der Waals surface area contributed by atoms with E-state index in [0.717, 1.165) is 31.7 Å². The highest BCUT2D eigenvalue weighted by molar-refractivity contribution is 5.77. The lowest BCUT2D eigenvalue weighted by molar-refractivity contribution is -0.147. The van der Waals surface area contributed by atoms with E-state index in [4.69, 9.17) is 4.74 Å². The fourth-order valence-corrected chi connectivity index (χ4v) is 3.13. The minimum Gasteiger partial charge on any atom is -0.468 e. The van der Waals surface area contributed by atoms with Gasteiger partial charge in [0.2, 0.25) is 0 Å². The van der Waals surface area contributed by atoms with Gasteiger partial charge in [-0.2, -0.15) is 0 Å². The van der Waals surface area contributed by atoms with Crippen LogP contribution in [0.25, 0.3) is 0 Å². The molecule has 0 bridgehead atoms. The van der Waals surface area contributed by atoms with Crippen molar-refractivity contribution in [2.24, 2.45) is 0 Å². The Bertz CT molecular complexity index is 668. The second-order valence-electron chi connectivity index (χ2n) is 5.84. The van der Waals surface area contributed by atoms with Gasteiger partial charge in [0.05, 0.1) is 7.11 Å². The van der Waals surface area contributed by atoms with Crippen molar-refractivity contribution in [2.45, 2.75) is 6.04 Å². The Balaban J connectivity index is 1.73. The van der Waals surface area contributed by atoms with Crippen molar-refractivity contribution < 1.29 is 13.9 Å². The van der Waals surface area contributed by atoms with Gasteiger partial charge in [-0.1, -0.05) is 30.3 Å². The van der Waals surface area contributed by atoms with Crippen molar-refractivity contribution in [3.8, 4) is 0 Å². The largest absolute Gasteiger partial charge is 0.468 e. The number of nitrogens with zero attached hydrogens (tertiary/aromatic N) is 2. The third-order valence-electron chi connectivity index (χ3n) is 4.41. The fraction of sp³-hybridized carbons (Fsp3) is 0.316. The zero-order chi connectivity index (χ0) is 16.9. The maximum atomic E-state index is 13.2. The van der Waals surface area contributed by atoms with Gasteiger partial charge in [0.25, 0.3) is 0 Å². The fourth-order valence-electron chi connectivity index (χ4n) is 3.13. The number of piperazine rings is 1. The van der Waals surface area contributed by atoms with Crippen LogP contribution >= 0.6 is 0 Å². The lowest BCUT2D eigenvalue weighted by Crippen LogP contribution is -2.49. The van der Waals surface area contributed by atoms with E-state index in [-0.39, 0.29) is 11.8 Å². The van der Waals surface area contributed by atoms with Crippen LogP contribution in [-0.4, -0.2) is 44.2 Å². The van der Waals surface area contributed by atoms with Gasteiger partial charge in [-0.25, -0.2) is 9.18 Å². The van der Waals surface area contributed by atoms with E-state index in [2.05, 4.69) is 21.9 Å². The van der Waals surface area contributed by atoms with Crippen molar-refractivity contribution >= 4 is 11.7 Å². The minimum absolute atomic E-state index is 0.309. The summed E-state index contributed by atoms with van der Waals surface area (Å²) in [5.41, 5.74) is 1.95. The third kappa shape index (κ3) is 3.57. The van der Waals surface area contributed by atoms with Crippen molar-refractivity contribution in [1.82, 2.24) is 4.90 Å². The standard InChI is InChI=1S/C19H21FN2O2/c1-24-19(23)18(15-7-9-16(20)10-8-15)22-13-11-21(12-14-22)17-5-3-2-4-6-17/h2-10,18H,11-14H2,1H3/t18-/m0/s1. The van der Waals surface area contributed by atoms with Crippen LogP contribution in [0.3, 0.4) is 0 Å². The van der Waals surface area contributed by atoms with E-state index >= 15 is 0 Å². The molecule has 1 aliphatic rings. The minimum atomic E-state index is -0.492. The lowest BCUT2D eigenvalue weighted by Gasteiger charge is -2.39. The monoisotopic (exact) mass is 328 g/mol. The number of para-hydroxylation sites is 1. The summed E-state index contributed by atoms with van der Waals surface area (Å²) in [6, 6.07) is 15.8. The maximum absolute atomic E-state index is 13.2. The van der Waals surface area contributed by atoms with E-state index in [0.29, 0.717) is 0 Å². The number of methoxy groups -OCH3 is 1. The molecule has 1 aliphatic heterocycles. The molecule has 126 valence electrons. The second kappa shape index (κ2) is 7.45. The molecule has 3 rings (SSSR count). The summed E-state index contributed by atoms with van der Waals surface area (Å²) in [6.07, 6.45) is 0. The Morgan fingerprint density at radius 3 is 2.21 bits per heavy atom. The van der Waals surface area contributed by atoms with Crippen molar-refractivity contribution in [1.29, 1.82) is 0 Å².